The van der Waals surface area contributed by atoms with Gasteiger partial charge in [-0.3, -0.25) is 0 Å². The van der Waals surface area contributed by atoms with Gasteiger partial charge in [0, 0.05) is 0 Å². The number of carbonyl (C=O) groups excluding carboxylic acids is 1. The molecule has 1 aromatic rings. The van der Waals surface area contributed by atoms with E-state index in [1.54, 1.807) is 6.20 Å². The first-order valence-electron chi connectivity index (χ1n) is 8.90. The van der Waals surface area contributed by atoms with Gasteiger partial charge in [-0.1, -0.05) is 0 Å². The Hall–Kier alpha value is -0.140. The molecular formula is C19H31INO2S-. The zero-order valence-electron chi connectivity index (χ0n) is 15.7. The van der Waals surface area contributed by atoms with Crippen molar-refractivity contribution in [2.75, 3.05) is 0 Å². The average molecular weight is 464 g/mol. The summed E-state index contributed by atoms with van der Waals surface area (Å²) in [6, 6.07) is 3.79. The molecule has 0 N–H and O–H groups in total. The molecule has 1 aromatic heterocycles. The van der Waals surface area contributed by atoms with Crippen molar-refractivity contribution in [3.63, 3.8) is 0 Å². The summed E-state index contributed by atoms with van der Waals surface area (Å²) in [4.78, 5) is 17.0. The van der Waals surface area contributed by atoms with Crippen LogP contribution in [0.1, 0.15) is 83.0 Å². The fourth-order valence-electron chi connectivity index (χ4n) is 3.17. The molecule has 2 rings (SSSR count). The quantitative estimate of drug-likeness (QED) is 0.369. The van der Waals surface area contributed by atoms with E-state index in [4.69, 9.17) is 4.18 Å². The standard InChI is InChI=1S/C19H31INO2S/c1-13(2)20-24(14(3)4,15(5)6)23-18-11-7-10-17(22)16-9-8-12-21-19(16)18/h8-9,12-15,18H,7,10-11H2,1-6H3/q-1/t18-/m1/s1. The fraction of sp³-hybridized carbons (Fsp3) is 0.684. The molecule has 3 nitrogen and oxygen atoms in total. The second-order valence-corrected chi connectivity index (χ2v) is 18.6. The van der Waals surface area contributed by atoms with E-state index in [9.17, 15) is 4.79 Å². The first kappa shape index (κ1) is 20.2. The average Bonchev–Trinajstić information content (AvgIpc) is 2.66. The Bertz CT molecular complexity index is 566. The van der Waals surface area contributed by atoms with Crippen molar-refractivity contribution in [2.24, 2.45) is 0 Å². The number of hydrogen-bond donors (Lipinski definition) is 0. The van der Waals surface area contributed by atoms with Crippen molar-refractivity contribution in [1.82, 2.24) is 4.98 Å². The molecule has 1 aliphatic carbocycles. The van der Waals surface area contributed by atoms with Gasteiger partial charge in [0.15, 0.2) is 0 Å². The molecule has 0 bridgehead atoms. The SMILES string of the molecule is CC(C)[I-]S(O[C@@H]1CCCC(=O)c2cccnc21)(C(C)C)C(C)C. The van der Waals surface area contributed by atoms with Gasteiger partial charge in [0.2, 0.25) is 0 Å². The maximum atomic E-state index is 12.4. The summed E-state index contributed by atoms with van der Waals surface area (Å²) in [6.07, 6.45) is 4.19. The van der Waals surface area contributed by atoms with E-state index in [1.165, 1.54) is 0 Å². The molecule has 0 amide bonds. The zero-order valence-corrected chi connectivity index (χ0v) is 18.7. The molecule has 1 aliphatic rings. The summed E-state index contributed by atoms with van der Waals surface area (Å²) in [7, 11) is -1.15. The van der Waals surface area contributed by atoms with E-state index in [2.05, 4.69) is 46.5 Å². The fourth-order valence-corrected chi connectivity index (χ4v) is 15.7. The molecule has 0 fully saturated rings. The molecule has 0 unspecified atom stereocenters. The molecule has 1 heterocycles. The third-order valence-electron chi connectivity index (χ3n) is 4.18. The number of rotatable bonds is 6. The third kappa shape index (κ3) is 4.33. The van der Waals surface area contributed by atoms with Crippen LogP contribution in [0, 0.1) is 0 Å². The summed E-state index contributed by atoms with van der Waals surface area (Å²) < 4.78 is 7.69. The van der Waals surface area contributed by atoms with Gasteiger partial charge in [0.1, 0.15) is 0 Å². The summed E-state index contributed by atoms with van der Waals surface area (Å²) in [5, 5.41) is 1.08. The van der Waals surface area contributed by atoms with Crippen LogP contribution in [0.25, 0.3) is 0 Å². The number of carbonyl (C=O) groups is 1. The van der Waals surface area contributed by atoms with Crippen molar-refractivity contribution in [3.8, 4) is 0 Å². The molecule has 0 aromatic carbocycles. The second kappa shape index (κ2) is 8.49. The Morgan fingerprint density at radius 1 is 1.21 bits per heavy atom. The van der Waals surface area contributed by atoms with Gasteiger partial charge in [0.05, 0.1) is 0 Å². The Labute approximate surface area is 157 Å². The van der Waals surface area contributed by atoms with Crippen LogP contribution in [-0.4, -0.2) is 25.2 Å². The molecule has 1 atom stereocenters. The van der Waals surface area contributed by atoms with Gasteiger partial charge in [-0.05, 0) is 0 Å². The molecule has 0 radical (unpaired) electrons. The van der Waals surface area contributed by atoms with Gasteiger partial charge in [-0.25, -0.2) is 0 Å². The van der Waals surface area contributed by atoms with E-state index in [1.807, 2.05) is 12.1 Å². The van der Waals surface area contributed by atoms with Gasteiger partial charge >= 0.3 is 158 Å². The van der Waals surface area contributed by atoms with Crippen molar-refractivity contribution < 1.29 is 28.8 Å². The molecular weight excluding hydrogens is 433 g/mol. The topological polar surface area (TPSA) is 39.2 Å². The Morgan fingerprint density at radius 2 is 1.88 bits per heavy atom. The second-order valence-electron chi connectivity index (χ2n) is 7.11. The van der Waals surface area contributed by atoms with Gasteiger partial charge in [-0.2, -0.15) is 0 Å². The number of ketones is 1. The predicted molar refractivity (Wildman–Crippen MR) is 99.2 cm³/mol. The first-order chi connectivity index (χ1) is 11.3. The number of aromatic nitrogens is 1. The van der Waals surface area contributed by atoms with Crippen molar-refractivity contribution in [3.05, 3.63) is 29.6 Å². The van der Waals surface area contributed by atoms with Crippen molar-refractivity contribution in [1.29, 1.82) is 0 Å². The number of fused-ring (bicyclic) bond motifs is 1. The zero-order chi connectivity index (χ0) is 17.9. The van der Waals surface area contributed by atoms with Gasteiger partial charge in [-0.15, -0.1) is 0 Å². The maximum absolute atomic E-state index is 12.4. The van der Waals surface area contributed by atoms with E-state index in [0.29, 0.717) is 20.8 Å². The van der Waals surface area contributed by atoms with Crippen LogP contribution in [0.4, 0.5) is 0 Å². The first-order valence-corrected chi connectivity index (χ1v) is 14.4. The van der Waals surface area contributed by atoms with Crippen molar-refractivity contribution >= 4 is 13.3 Å². The molecule has 0 aliphatic heterocycles. The number of halogens is 1. The van der Waals surface area contributed by atoms with Crippen LogP contribution in [0.2, 0.25) is 0 Å². The summed E-state index contributed by atoms with van der Waals surface area (Å²) in [5.74, 6) is 0.220. The minimum absolute atomic E-state index is 0.0223. The van der Waals surface area contributed by atoms with Gasteiger partial charge in [0.25, 0.3) is 0 Å². The monoisotopic (exact) mass is 464 g/mol. The summed E-state index contributed by atoms with van der Waals surface area (Å²) >= 11 is -0.0574. The number of hydrogen-bond acceptors (Lipinski definition) is 3. The van der Waals surface area contributed by atoms with Crippen molar-refractivity contribution in [2.45, 2.75) is 81.3 Å². The van der Waals surface area contributed by atoms with Crippen LogP contribution in [0.15, 0.2) is 18.3 Å². The number of alkyl halides is 1. The normalized spacial score (nSPS) is 19.9. The van der Waals surface area contributed by atoms with Crippen LogP contribution in [0.5, 0.6) is 0 Å². The van der Waals surface area contributed by atoms with Crippen LogP contribution in [0.3, 0.4) is 0 Å². The molecule has 24 heavy (non-hydrogen) atoms. The summed E-state index contributed by atoms with van der Waals surface area (Å²) in [5.41, 5.74) is 1.66. The number of nitrogens with zero attached hydrogens (tertiary/aromatic N) is 1. The Kier molecular flexibility index (Phi) is 7.14. The van der Waals surface area contributed by atoms with E-state index in [0.717, 1.165) is 24.1 Å². The Balaban J connectivity index is 2.41. The Morgan fingerprint density at radius 3 is 2.46 bits per heavy atom. The van der Waals surface area contributed by atoms with Crippen LogP contribution in [-0.2, 0) is 4.18 Å². The van der Waals surface area contributed by atoms with Gasteiger partial charge < -0.3 is 0 Å². The van der Waals surface area contributed by atoms with Crippen LogP contribution >= 0.6 is 7.48 Å². The number of Topliss-reactive ketones (excluding diaryl/α,β-unsaturated/α-hetero) is 1. The number of pyridine rings is 1. The van der Waals surface area contributed by atoms with E-state index >= 15 is 0 Å². The molecule has 0 saturated carbocycles. The molecule has 0 saturated heterocycles. The molecule has 0 spiro atoms. The minimum atomic E-state index is -1.15. The van der Waals surface area contributed by atoms with E-state index in [-0.39, 0.29) is 31.7 Å². The summed E-state index contributed by atoms with van der Waals surface area (Å²) in [6.45, 7) is 13.9. The molecule has 138 valence electrons. The van der Waals surface area contributed by atoms with Crippen LogP contribution < -0.4 is 19.8 Å². The van der Waals surface area contributed by atoms with E-state index < -0.39 is 7.48 Å². The molecule has 5 heteroatoms. The predicted octanol–water partition coefficient (Wildman–Crippen LogP) is 2.45. The third-order valence-corrected chi connectivity index (χ3v) is 20.1.